The van der Waals surface area contributed by atoms with Crippen molar-refractivity contribution in [2.75, 3.05) is 13.7 Å². The van der Waals surface area contributed by atoms with Crippen molar-refractivity contribution in [2.45, 2.75) is 19.4 Å². The lowest BCUT2D eigenvalue weighted by molar-refractivity contribution is 0.396. The molecule has 1 unspecified atom stereocenters. The molecule has 19 heavy (non-hydrogen) atoms. The Hall–Kier alpha value is -1.33. The molecule has 0 aliphatic rings. The highest BCUT2D eigenvalue weighted by Gasteiger charge is 2.17. The van der Waals surface area contributed by atoms with E-state index in [2.05, 4.69) is 33.2 Å². The quantitative estimate of drug-likeness (QED) is 0.885. The first-order valence-electron chi connectivity index (χ1n) is 6.19. The number of halogens is 1. The fraction of sp³-hybridized carbons (Fsp3) is 0.357. The molecule has 1 atom stereocenters. The molecule has 1 N–H and O–H groups in total. The van der Waals surface area contributed by atoms with Crippen LogP contribution in [-0.2, 0) is 6.42 Å². The molecule has 4 nitrogen and oxygen atoms in total. The van der Waals surface area contributed by atoms with Crippen molar-refractivity contribution >= 4 is 15.9 Å². The molecule has 0 fully saturated rings. The Morgan fingerprint density at radius 2 is 2.26 bits per heavy atom. The molecule has 0 aliphatic heterocycles. The molecule has 0 radical (unpaired) electrons. The molecule has 0 saturated heterocycles. The maximum atomic E-state index is 5.54. The van der Waals surface area contributed by atoms with Crippen LogP contribution in [0.15, 0.2) is 39.5 Å². The summed E-state index contributed by atoms with van der Waals surface area (Å²) in [5.74, 6) is 1.54. The van der Waals surface area contributed by atoms with Crippen LogP contribution in [0, 0.1) is 0 Å². The number of rotatable bonds is 6. The predicted octanol–water partition coefficient (Wildman–Crippen LogP) is 3.34. The zero-order valence-electron chi connectivity index (χ0n) is 11.0. The first-order valence-corrected chi connectivity index (χ1v) is 6.99. The summed E-state index contributed by atoms with van der Waals surface area (Å²) >= 11 is 3.50. The Kier molecular flexibility index (Phi) is 4.99. The van der Waals surface area contributed by atoms with Gasteiger partial charge in [-0.1, -0.05) is 13.0 Å². The molecule has 5 heteroatoms. The van der Waals surface area contributed by atoms with Gasteiger partial charge in [0, 0.05) is 12.3 Å². The van der Waals surface area contributed by atoms with E-state index in [-0.39, 0.29) is 6.04 Å². The van der Waals surface area contributed by atoms with Gasteiger partial charge < -0.3 is 14.5 Å². The molecule has 0 spiro atoms. The Morgan fingerprint density at radius 3 is 2.79 bits per heavy atom. The van der Waals surface area contributed by atoms with Gasteiger partial charge in [-0.25, -0.2) is 4.98 Å². The van der Waals surface area contributed by atoms with Gasteiger partial charge in [-0.15, -0.1) is 0 Å². The zero-order chi connectivity index (χ0) is 13.7. The van der Waals surface area contributed by atoms with Crippen LogP contribution in [0.2, 0.25) is 0 Å². The number of nitrogens with zero attached hydrogens (tertiary/aromatic N) is 1. The summed E-state index contributed by atoms with van der Waals surface area (Å²) in [5, 5.41) is 3.42. The van der Waals surface area contributed by atoms with Crippen LogP contribution in [0.25, 0.3) is 0 Å². The molecule has 2 rings (SSSR count). The third-order valence-electron chi connectivity index (χ3n) is 2.86. The van der Waals surface area contributed by atoms with Gasteiger partial charge in [0.1, 0.15) is 5.76 Å². The van der Waals surface area contributed by atoms with Crippen LogP contribution in [0.5, 0.6) is 5.88 Å². The Bertz CT molecular complexity index is 510. The van der Waals surface area contributed by atoms with E-state index in [1.54, 1.807) is 13.4 Å². The summed E-state index contributed by atoms with van der Waals surface area (Å²) in [5.41, 5.74) is 1.13. The lowest BCUT2D eigenvalue weighted by atomic mass is 10.1. The molecule has 0 bridgehead atoms. The van der Waals surface area contributed by atoms with Crippen LogP contribution in [0.3, 0.4) is 0 Å². The molecule has 0 saturated carbocycles. The van der Waals surface area contributed by atoms with Gasteiger partial charge in [-0.3, -0.25) is 0 Å². The minimum Gasteiger partial charge on any atom is -0.481 e. The van der Waals surface area contributed by atoms with Crippen LogP contribution in [0.1, 0.15) is 24.3 Å². The Balaban J connectivity index is 2.14. The average molecular weight is 325 g/mol. The molecular formula is C14H17BrN2O2. The first kappa shape index (κ1) is 14.1. The SMILES string of the molecule is CCNC(Cc1ccc(OC)nc1)c1occc1Br. The largest absolute Gasteiger partial charge is 0.481 e. The first-order chi connectivity index (χ1) is 9.24. The second kappa shape index (κ2) is 6.73. The van der Waals surface area contributed by atoms with Gasteiger partial charge >= 0.3 is 0 Å². The fourth-order valence-electron chi connectivity index (χ4n) is 1.95. The Morgan fingerprint density at radius 1 is 1.42 bits per heavy atom. The maximum absolute atomic E-state index is 5.54. The number of ether oxygens (including phenoxy) is 1. The Labute approximate surface area is 121 Å². The molecule has 2 aromatic rings. The highest BCUT2D eigenvalue weighted by atomic mass is 79.9. The van der Waals surface area contributed by atoms with E-state index in [1.807, 2.05) is 24.4 Å². The van der Waals surface area contributed by atoms with E-state index < -0.39 is 0 Å². The molecule has 2 heterocycles. The third-order valence-corrected chi connectivity index (χ3v) is 3.51. The van der Waals surface area contributed by atoms with E-state index >= 15 is 0 Å². The number of pyridine rings is 1. The summed E-state index contributed by atoms with van der Waals surface area (Å²) in [6.07, 6.45) is 4.34. The minimum atomic E-state index is 0.129. The number of aromatic nitrogens is 1. The summed E-state index contributed by atoms with van der Waals surface area (Å²) in [4.78, 5) is 4.22. The lowest BCUT2D eigenvalue weighted by Gasteiger charge is -2.16. The highest BCUT2D eigenvalue weighted by Crippen LogP contribution is 2.27. The molecule has 0 aromatic carbocycles. The van der Waals surface area contributed by atoms with Crippen molar-refractivity contribution in [1.29, 1.82) is 0 Å². The number of methoxy groups -OCH3 is 1. The number of furan rings is 1. The zero-order valence-corrected chi connectivity index (χ0v) is 12.6. The standard InChI is InChI=1S/C14H17BrN2O2/c1-3-16-12(14-11(15)6-7-19-14)8-10-4-5-13(18-2)17-9-10/h4-7,9,12,16H,3,8H2,1-2H3. The van der Waals surface area contributed by atoms with Crippen molar-refractivity contribution in [1.82, 2.24) is 10.3 Å². The number of nitrogens with one attached hydrogen (secondary N) is 1. The molecule has 2 aromatic heterocycles. The van der Waals surface area contributed by atoms with Gasteiger partial charge in [-0.2, -0.15) is 0 Å². The monoisotopic (exact) mass is 324 g/mol. The van der Waals surface area contributed by atoms with Gasteiger partial charge in [-0.05, 0) is 40.5 Å². The summed E-state index contributed by atoms with van der Waals surface area (Å²) in [6.45, 7) is 2.96. The van der Waals surface area contributed by atoms with Gasteiger partial charge in [0.05, 0.1) is 23.9 Å². The summed E-state index contributed by atoms with van der Waals surface area (Å²) < 4.78 is 11.6. The van der Waals surface area contributed by atoms with E-state index in [0.29, 0.717) is 5.88 Å². The second-order valence-corrected chi connectivity index (χ2v) is 5.01. The molecule has 0 aliphatic carbocycles. The lowest BCUT2D eigenvalue weighted by Crippen LogP contribution is -2.22. The van der Waals surface area contributed by atoms with Gasteiger partial charge in [0.2, 0.25) is 5.88 Å². The van der Waals surface area contributed by atoms with Crippen LogP contribution < -0.4 is 10.1 Å². The topological polar surface area (TPSA) is 47.3 Å². The minimum absolute atomic E-state index is 0.129. The smallest absolute Gasteiger partial charge is 0.212 e. The van der Waals surface area contributed by atoms with Crippen molar-refractivity contribution in [3.8, 4) is 5.88 Å². The molecule has 0 amide bonds. The van der Waals surface area contributed by atoms with Crippen molar-refractivity contribution in [3.05, 3.63) is 46.5 Å². The van der Waals surface area contributed by atoms with Crippen molar-refractivity contribution < 1.29 is 9.15 Å². The summed E-state index contributed by atoms with van der Waals surface area (Å²) in [7, 11) is 1.61. The van der Waals surface area contributed by atoms with Crippen LogP contribution in [0.4, 0.5) is 0 Å². The van der Waals surface area contributed by atoms with Crippen LogP contribution >= 0.6 is 15.9 Å². The second-order valence-electron chi connectivity index (χ2n) is 4.16. The average Bonchev–Trinajstić information content (AvgIpc) is 2.85. The van der Waals surface area contributed by atoms with E-state index in [4.69, 9.17) is 9.15 Å². The summed E-state index contributed by atoms with van der Waals surface area (Å²) in [6, 6.07) is 5.93. The van der Waals surface area contributed by atoms with Crippen molar-refractivity contribution in [3.63, 3.8) is 0 Å². The van der Waals surface area contributed by atoms with Gasteiger partial charge in [0.15, 0.2) is 0 Å². The molecular weight excluding hydrogens is 308 g/mol. The van der Waals surface area contributed by atoms with Crippen molar-refractivity contribution in [2.24, 2.45) is 0 Å². The fourth-order valence-corrected chi connectivity index (χ4v) is 2.42. The van der Waals surface area contributed by atoms with E-state index in [0.717, 1.165) is 28.8 Å². The highest BCUT2D eigenvalue weighted by molar-refractivity contribution is 9.10. The number of hydrogen-bond donors (Lipinski definition) is 1. The van der Waals surface area contributed by atoms with E-state index in [9.17, 15) is 0 Å². The normalized spacial score (nSPS) is 12.4. The third kappa shape index (κ3) is 3.58. The maximum Gasteiger partial charge on any atom is 0.212 e. The molecule has 102 valence electrons. The van der Waals surface area contributed by atoms with Gasteiger partial charge in [0.25, 0.3) is 0 Å². The predicted molar refractivity (Wildman–Crippen MR) is 77.3 cm³/mol. The number of likely N-dealkylation sites (N-methyl/N-ethyl adjacent to an activating group) is 1. The number of hydrogen-bond acceptors (Lipinski definition) is 4. The van der Waals surface area contributed by atoms with E-state index in [1.165, 1.54) is 0 Å². The van der Waals surface area contributed by atoms with Crippen LogP contribution in [-0.4, -0.2) is 18.6 Å².